The Bertz CT molecular complexity index is 755. The minimum atomic E-state index is 0.159. The number of hydrogen-bond acceptors (Lipinski definition) is 6. The van der Waals surface area contributed by atoms with Crippen LogP contribution in [-0.2, 0) is 16.1 Å². The summed E-state index contributed by atoms with van der Waals surface area (Å²) in [5.74, 6) is 1.94. The summed E-state index contributed by atoms with van der Waals surface area (Å²) in [7, 11) is 0. The fourth-order valence-electron chi connectivity index (χ4n) is 3.82. The maximum atomic E-state index is 12.7. The highest BCUT2D eigenvalue weighted by Gasteiger charge is 2.26. The van der Waals surface area contributed by atoms with E-state index in [-0.39, 0.29) is 12.0 Å². The van der Waals surface area contributed by atoms with Crippen LogP contribution < -0.4 is 0 Å². The Morgan fingerprint density at radius 2 is 2.22 bits per heavy atom. The van der Waals surface area contributed by atoms with Gasteiger partial charge in [-0.15, -0.1) is 10.2 Å². The van der Waals surface area contributed by atoms with Gasteiger partial charge in [-0.2, -0.15) is 0 Å². The molecule has 0 aromatic carbocycles. The maximum Gasteiger partial charge on any atom is 0.233 e. The van der Waals surface area contributed by atoms with Crippen molar-refractivity contribution in [3.63, 3.8) is 0 Å². The number of carbonyl (C=O) groups excluding carboxylic acids is 1. The van der Waals surface area contributed by atoms with Crippen LogP contribution in [0.4, 0.5) is 0 Å². The maximum absolute atomic E-state index is 12.7. The third kappa shape index (κ3) is 4.21. The molecule has 146 valence electrons. The minimum Gasteiger partial charge on any atom is -0.461 e. The highest BCUT2D eigenvalue weighted by molar-refractivity contribution is 7.99. The number of furan rings is 1. The van der Waals surface area contributed by atoms with Gasteiger partial charge in [0.1, 0.15) is 0 Å². The quantitative estimate of drug-likeness (QED) is 0.705. The number of aromatic nitrogens is 3. The molecule has 2 atom stereocenters. The van der Waals surface area contributed by atoms with Crippen LogP contribution in [0.2, 0.25) is 0 Å². The van der Waals surface area contributed by atoms with E-state index < -0.39 is 0 Å². The van der Waals surface area contributed by atoms with Crippen molar-refractivity contribution in [1.82, 2.24) is 19.7 Å². The standard InChI is InChI=1S/C19H26N4O3S/c1-14-6-2-3-9-22(14)17(24)13-27-19-21-20-18(16-8-5-11-26-16)23(19)12-15-7-4-10-25-15/h5,8,11,14-15H,2-4,6-7,9-10,12-13H2,1H3/t14-,15+/m1/s1. The summed E-state index contributed by atoms with van der Waals surface area (Å²) in [6.45, 7) is 4.48. The van der Waals surface area contributed by atoms with Gasteiger partial charge in [0.25, 0.3) is 0 Å². The van der Waals surface area contributed by atoms with Crippen LogP contribution in [-0.4, -0.2) is 56.6 Å². The van der Waals surface area contributed by atoms with Gasteiger partial charge in [-0.05, 0) is 51.2 Å². The number of thioether (sulfide) groups is 1. The van der Waals surface area contributed by atoms with Gasteiger partial charge in [-0.3, -0.25) is 9.36 Å². The SMILES string of the molecule is C[C@@H]1CCCCN1C(=O)CSc1nnc(-c2ccco2)n1C[C@@H]1CCCO1. The number of amides is 1. The summed E-state index contributed by atoms with van der Waals surface area (Å²) >= 11 is 1.45. The minimum absolute atomic E-state index is 0.159. The van der Waals surface area contributed by atoms with E-state index in [2.05, 4.69) is 17.1 Å². The van der Waals surface area contributed by atoms with Gasteiger partial charge >= 0.3 is 0 Å². The molecule has 27 heavy (non-hydrogen) atoms. The highest BCUT2D eigenvalue weighted by atomic mass is 32.2. The molecule has 8 heteroatoms. The second-order valence-electron chi connectivity index (χ2n) is 7.25. The number of likely N-dealkylation sites (tertiary alicyclic amines) is 1. The fourth-order valence-corrected chi connectivity index (χ4v) is 4.65. The molecule has 0 aliphatic carbocycles. The molecule has 2 saturated heterocycles. The van der Waals surface area contributed by atoms with Crippen molar-refractivity contribution in [1.29, 1.82) is 0 Å². The molecule has 1 amide bonds. The normalized spacial score (nSPS) is 23.1. The Morgan fingerprint density at radius 3 is 2.96 bits per heavy atom. The van der Waals surface area contributed by atoms with E-state index in [9.17, 15) is 4.79 Å². The molecule has 4 rings (SSSR count). The predicted molar refractivity (Wildman–Crippen MR) is 102 cm³/mol. The van der Waals surface area contributed by atoms with E-state index in [0.717, 1.165) is 44.0 Å². The van der Waals surface area contributed by atoms with Gasteiger partial charge in [-0.1, -0.05) is 11.8 Å². The van der Waals surface area contributed by atoms with Gasteiger partial charge in [0, 0.05) is 19.2 Å². The van der Waals surface area contributed by atoms with Crippen molar-refractivity contribution < 1.29 is 13.9 Å². The number of rotatable bonds is 6. The lowest BCUT2D eigenvalue weighted by Crippen LogP contribution is -2.43. The van der Waals surface area contributed by atoms with Gasteiger partial charge < -0.3 is 14.1 Å². The van der Waals surface area contributed by atoms with E-state index in [1.165, 1.54) is 18.2 Å². The lowest BCUT2D eigenvalue weighted by Gasteiger charge is -2.33. The van der Waals surface area contributed by atoms with Gasteiger partial charge in [0.2, 0.25) is 11.7 Å². The molecular formula is C19H26N4O3S. The fraction of sp³-hybridized carbons (Fsp3) is 0.632. The number of nitrogens with zero attached hydrogens (tertiary/aromatic N) is 4. The lowest BCUT2D eigenvalue weighted by atomic mass is 10.0. The zero-order valence-corrected chi connectivity index (χ0v) is 16.5. The van der Waals surface area contributed by atoms with Crippen molar-refractivity contribution in [3.05, 3.63) is 18.4 Å². The smallest absolute Gasteiger partial charge is 0.233 e. The third-order valence-electron chi connectivity index (χ3n) is 5.32. The van der Waals surface area contributed by atoms with E-state index in [4.69, 9.17) is 9.15 Å². The van der Waals surface area contributed by atoms with Crippen LogP contribution >= 0.6 is 11.8 Å². The highest BCUT2D eigenvalue weighted by Crippen LogP contribution is 2.27. The van der Waals surface area contributed by atoms with Gasteiger partial charge in [0.05, 0.1) is 24.7 Å². The molecule has 7 nitrogen and oxygen atoms in total. The summed E-state index contributed by atoms with van der Waals surface area (Å²) in [6, 6.07) is 4.05. The van der Waals surface area contributed by atoms with Gasteiger partial charge in [0.15, 0.2) is 10.9 Å². The number of carbonyl (C=O) groups is 1. The molecule has 0 radical (unpaired) electrons. The second kappa shape index (κ2) is 8.48. The van der Waals surface area contributed by atoms with Crippen molar-refractivity contribution >= 4 is 17.7 Å². The molecular weight excluding hydrogens is 364 g/mol. The number of piperidine rings is 1. The number of hydrogen-bond donors (Lipinski definition) is 0. The largest absolute Gasteiger partial charge is 0.461 e. The molecule has 2 aromatic rings. The average Bonchev–Trinajstić information content (AvgIpc) is 3.43. The van der Waals surface area contributed by atoms with Gasteiger partial charge in [-0.25, -0.2) is 0 Å². The summed E-state index contributed by atoms with van der Waals surface area (Å²) in [5.41, 5.74) is 0. The molecule has 0 unspecified atom stereocenters. The van der Waals surface area contributed by atoms with E-state index in [1.807, 2.05) is 21.6 Å². The van der Waals surface area contributed by atoms with Crippen LogP contribution in [0.5, 0.6) is 0 Å². The molecule has 2 fully saturated rings. The zero-order chi connectivity index (χ0) is 18.6. The monoisotopic (exact) mass is 390 g/mol. The van der Waals surface area contributed by atoms with Crippen molar-refractivity contribution in [3.8, 4) is 11.6 Å². The first kappa shape index (κ1) is 18.6. The first-order chi connectivity index (χ1) is 13.2. The Labute approximate surface area is 163 Å². The van der Waals surface area contributed by atoms with E-state index >= 15 is 0 Å². The van der Waals surface area contributed by atoms with Crippen LogP contribution in [0.15, 0.2) is 28.0 Å². The summed E-state index contributed by atoms with van der Waals surface area (Å²) in [4.78, 5) is 14.7. The van der Waals surface area contributed by atoms with Crippen molar-refractivity contribution in [2.75, 3.05) is 18.9 Å². The van der Waals surface area contributed by atoms with E-state index in [1.54, 1.807) is 6.26 Å². The topological polar surface area (TPSA) is 73.4 Å². The Morgan fingerprint density at radius 1 is 1.30 bits per heavy atom. The third-order valence-corrected chi connectivity index (χ3v) is 6.27. The Kier molecular flexibility index (Phi) is 5.83. The van der Waals surface area contributed by atoms with Crippen molar-refractivity contribution in [2.24, 2.45) is 0 Å². The summed E-state index contributed by atoms with van der Waals surface area (Å²) in [5, 5.41) is 9.41. The molecule has 2 aliphatic rings. The summed E-state index contributed by atoms with van der Waals surface area (Å²) in [6.07, 6.45) is 7.30. The Hall–Kier alpha value is -1.80. The molecule has 0 spiro atoms. The first-order valence-electron chi connectivity index (χ1n) is 9.73. The van der Waals surface area contributed by atoms with Crippen LogP contribution in [0, 0.1) is 0 Å². The Balaban J connectivity index is 1.48. The summed E-state index contributed by atoms with van der Waals surface area (Å²) < 4.78 is 13.4. The average molecular weight is 391 g/mol. The second-order valence-corrected chi connectivity index (χ2v) is 8.19. The molecule has 4 heterocycles. The van der Waals surface area contributed by atoms with Crippen LogP contribution in [0.1, 0.15) is 39.0 Å². The van der Waals surface area contributed by atoms with E-state index in [0.29, 0.717) is 29.9 Å². The molecule has 0 bridgehead atoms. The van der Waals surface area contributed by atoms with Crippen LogP contribution in [0.3, 0.4) is 0 Å². The lowest BCUT2D eigenvalue weighted by molar-refractivity contribution is -0.131. The zero-order valence-electron chi connectivity index (χ0n) is 15.7. The number of ether oxygens (including phenoxy) is 1. The van der Waals surface area contributed by atoms with Crippen molar-refractivity contribution in [2.45, 2.75) is 62.9 Å². The molecule has 0 saturated carbocycles. The first-order valence-corrected chi connectivity index (χ1v) is 10.7. The molecule has 0 N–H and O–H groups in total. The predicted octanol–water partition coefficient (Wildman–Crippen LogP) is 3.21. The molecule has 2 aromatic heterocycles. The van der Waals surface area contributed by atoms with Crippen LogP contribution in [0.25, 0.3) is 11.6 Å². The molecule has 2 aliphatic heterocycles.